The van der Waals surface area contributed by atoms with Crippen LogP contribution in [0.2, 0.25) is 0 Å². The van der Waals surface area contributed by atoms with E-state index in [4.69, 9.17) is 5.73 Å². The van der Waals surface area contributed by atoms with Crippen LogP contribution in [-0.2, 0) is 5.54 Å². The molecule has 1 fully saturated rings. The Balaban J connectivity index is 2.70. The molecule has 0 aliphatic carbocycles. The molecule has 1 saturated heterocycles. The minimum Gasteiger partial charge on any atom is -0.319 e. The van der Waals surface area contributed by atoms with Gasteiger partial charge in [0.25, 0.3) is 0 Å². The van der Waals surface area contributed by atoms with E-state index in [1.54, 1.807) is 0 Å². The fourth-order valence-electron chi connectivity index (χ4n) is 2.82. The molecule has 0 radical (unpaired) electrons. The highest BCUT2D eigenvalue weighted by Crippen LogP contribution is 2.34. The van der Waals surface area contributed by atoms with E-state index >= 15 is 0 Å². The van der Waals surface area contributed by atoms with Crippen molar-refractivity contribution in [1.29, 1.82) is 0 Å². The van der Waals surface area contributed by atoms with Crippen LogP contribution in [0.3, 0.4) is 0 Å². The third-order valence-electron chi connectivity index (χ3n) is 4.38. The van der Waals surface area contributed by atoms with Gasteiger partial charge in [-0.05, 0) is 68.0 Å². The Labute approximate surface area is 98.2 Å². The van der Waals surface area contributed by atoms with E-state index in [0.717, 1.165) is 13.1 Å². The summed E-state index contributed by atoms with van der Waals surface area (Å²) in [6.45, 7) is 12.8. The number of hydrogen-bond acceptors (Lipinski definition) is 2. The highest BCUT2D eigenvalue weighted by Gasteiger charge is 2.37. The molecule has 2 nitrogen and oxygen atoms in total. The average molecular weight is 218 g/mol. The zero-order valence-corrected chi connectivity index (χ0v) is 11.0. The number of nitrogens with two attached hydrogens (primary N) is 1. The van der Waals surface area contributed by atoms with Gasteiger partial charge in [-0.15, -0.1) is 0 Å². The molecule has 1 aromatic rings. The van der Waals surface area contributed by atoms with Crippen LogP contribution in [0, 0.1) is 34.6 Å². The van der Waals surface area contributed by atoms with Crippen molar-refractivity contribution in [3.8, 4) is 0 Å². The van der Waals surface area contributed by atoms with Crippen LogP contribution >= 0.6 is 0 Å². The first-order chi connectivity index (χ1) is 7.38. The maximum absolute atomic E-state index is 6.45. The molecule has 0 spiro atoms. The SMILES string of the molecule is Cc1c(C)c(C)c(C2(N)CNC2)c(C)c1C. The minimum absolute atomic E-state index is 0.141. The van der Waals surface area contributed by atoms with Gasteiger partial charge in [0, 0.05) is 13.1 Å². The highest BCUT2D eigenvalue weighted by atomic mass is 15.1. The molecular formula is C14H22N2. The summed E-state index contributed by atoms with van der Waals surface area (Å²) in [5.41, 5.74) is 14.6. The fraction of sp³-hybridized carbons (Fsp3) is 0.571. The number of hydrogen-bond donors (Lipinski definition) is 2. The van der Waals surface area contributed by atoms with Gasteiger partial charge in [0.15, 0.2) is 0 Å². The van der Waals surface area contributed by atoms with Gasteiger partial charge in [-0.2, -0.15) is 0 Å². The van der Waals surface area contributed by atoms with Gasteiger partial charge in [0.2, 0.25) is 0 Å². The molecule has 0 amide bonds. The van der Waals surface area contributed by atoms with Crippen LogP contribution < -0.4 is 11.1 Å². The number of nitrogens with one attached hydrogen (secondary N) is 1. The Kier molecular flexibility index (Phi) is 2.59. The summed E-state index contributed by atoms with van der Waals surface area (Å²) >= 11 is 0. The second kappa shape index (κ2) is 3.57. The normalized spacial score (nSPS) is 18.4. The molecule has 0 unspecified atom stereocenters. The van der Waals surface area contributed by atoms with E-state index in [1.807, 2.05) is 0 Å². The van der Waals surface area contributed by atoms with Gasteiger partial charge < -0.3 is 11.1 Å². The number of rotatable bonds is 1. The van der Waals surface area contributed by atoms with Crippen LogP contribution in [0.1, 0.15) is 33.4 Å². The van der Waals surface area contributed by atoms with Crippen molar-refractivity contribution in [2.24, 2.45) is 5.73 Å². The minimum atomic E-state index is -0.141. The van der Waals surface area contributed by atoms with Crippen LogP contribution in [0.15, 0.2) is 0 Å². The first kappa shape index (κ1) is 11.6. The second-order valence-corrected chi connectivity index (χ2v) is 5.26. The van der Waals surface area contributed by atoms with Crippen molar-refractivity contribution in [2.45, 2.75) is 40.2 Å². The molecule has 16 heavy (non-hydrogen) atoms. The van der Waals surface area contributed by atoms with E-state index in [9.17, 15) is 0 Å². The monoisotopic (exact) mass is 218 g/mol. The molecule has 1 heterocycles. The highest BCUT2D eigenvalue weighted by molar-refractivity contribution is 5.53. The molecule has 2 rings (SSSR count). The van der Waals surface area contributed by atoms with Gasteiger partial charge in [-0.25, -0.2) is 0 Å². The molecule has 0 saturated carbocycles. The third-order valence-corrected chi connectivity index (χ3v) is 4.38. The molecule has 3 N–H and O–H groups in total. The van der Waals surface area contributed by atoms with Crippen molar-refractivity contribution in [3.05, 3.63) is 33.4 Å². The molecule has 2 heteroatoms. The summed E-state index contributed by atoms with van der Waals surface area (Å²) < 4.78 is 0. The molecule has 1 aliphatic rings. The topological polar surface area (TPSA) is 38.0 Å². The number of benzene rings is 1. The van der Waals surface area contributed by atoms with Crippen LogP contribution in [-0.4, -0.2) is 13.1 Å². The summed E-state index contributed by atoms with van der Waals surface area (Å²) in [5, 5.41) is 3.28. The average Bonchev–Trinajstić information content (AvgIpc) is 2.21. The predicted octanol–water partition coefficient (Wildman–Crippen LogP) is 1.99. The van der Waals surface area contributed by atoms with E-state index in [0.29, 0.717) is 0 Å². The standard InChI is InChI=1S/C14H22N2/c1-8-9(2)11(4)13(12(5)10(8)3)14(15)6-16-7-14/h16H,6-7,15H2,1-5H3. The Bertz CT molecular complexity index is 414. The van der Waals surface area contributed by atoms with Crippen molar-refractivity contribution in [2.75, 3.05) is 13.1 Å². The molecule has 0 aromatic heterocycles. The zero-order valence-electron chi connectivity index (χ0n) is 11.0. The Morgan fingerprint density at radius 1 is 0.812 bits per heavy atom. The lowest BCUT2D eigenvalue weighted by Crippen LogP contribution is -2.63. The zero-order chi connectivity index (χ0) is 12.1. The van der Waals surface area contributed by atoms with Crippen molar-refractivity contribution in [1.82, 2.24) is 5.32 Å². The first-order valence-corrected chi connectivity index (χ1v) is 5.95. The van der Waals surface area contributed by atoms with Gasteiger partial charge in [0.05, 0.1) is 5.54 Å². The third kappa shape index (κ3) is 1.40. The summed E-state index contributed by atoms with van der Waals surface area (Å²) in [5.74, 6) is 0. The van der Waals surface area contributed by atoms with Crippen LogP contribution in [0.25, 0.3) is 0 Å². The summed E-state index contributed by atoms with van der Waals surface area (Å²) in [7, 11) is 0. The summed E-state index contributed by atoms with van der Waals surface area (Å²) in [6.07, 6.45) is 0. The lowest BCUT2D eigenvalue weighted by Gasteiger charge is -2.42. The summed E-state index contributed by atoms with van der Waals surface area (Å²) in [6, 6.07) is 0. The molecule has 0 bridgehead atoms. The van der Waals surface area contributed by atoms with Gasteiger partial charge >= 0.3 is 0 Å². The van der Waals surface area contributed by atoms with Crippen molar-refractivity contribution >= 4 is 0 Å². The second-order valence-electron chi connectivity index (χ2n) is 5.26. The largest absolute Gasteiger partial charge is 0.319 e. The van der Waals surface area contributed by atoms with Crippen molar-refractivity contribution < 1.29 is 0 Å². The van der Waals surface area contributed by atoms with Crippen LogP contribution in [0.5, 0.6) is 0 Å². The Morgan fingerprint density at radius 3 is 1.50 bits per heavy atom. The van der Waals surface area contributed by atoms with E-state index < -0.39 is 0 Å². The molecule has 0 atom stereocenters. The Morgan fingerprint density at radius 2 is 1.19 bits per heavy atom. The fourth-order valence-corrected chi connectivity index (χ4v) is 2.82. The van der Waals surface area contributed by atoms with Gasteiger partial charge in [0.1, 0.15) is 0 Å². The first-order valence-electron chi connectivity index (χ1n) is 5.95. The lowest BCUT2D eigenvalue weighted by molar-refractivity contribution is 0.284. The summed E-state index contributed by atoms with van der Waals surface area (Å²) in [4.78, 5) is 0. The van der Waals surface area contributed by atoms with Crippen molar-refractivity contribution in [3.63, 3.8) is 0 Å². The van der Waals surface area contributed by atoms with E-state index in [1.165, 1.54) is 33.4 Å². The molecule has 1 aliphatic heterocycles. The van der Waals surface area contributed by atoms with E-state index in [2.05, 4.69) is 39.9 Å². The Hall–Kier alpha value is -0.860. The molecule has 1 aromatic carbocycles. The van der Waals surface area contributed by atoms with Gasteiger partial charge in [-0.3, -0.25) is 0 Å². The van der Waals surface area contributed by atoms with E-state index in [-0.39, 0.29) is 5.54 Å². The smallest absolute Gasteiger partial charge is 0.0667 e. The molecular weight excluding hydrogens is 196 g/mol. The quantitative estimate of drug-likeness (QED) is 0.756. The van der Waals surface area contributed by atoms with Crippen LogP contribution in [0.4, 0.5) is 0 Å². The maximum Gasteiger partial charge on any atom is 0.0667 e. The van der Waals surface area contributed by atoms with Gasteiger partial charge in [-0.1, -0.05) is 0 Å². The maximum atomic E-state index is 6.45. The lowest BCUT2D eigenvalue weighted by atomic mass is 9.76. The predicted molar refractivity (Wildman–Crippen MR) is 68.9 cm³/mol. The molecule has 88 valence electrons.